The van der Waals surface area contributed by atoms with Crippen LogP contribution in [0.2, 0.25) is 5.02 Å². The minimum absolute atomic E-state index is 0.000594. The maximum atomic E-state index is 14.0. The van der Waals surface area contributed by atoms with Crippen molar-refractivity contribution in [3.05, 3.63) is 64.7 Å². The number of sulfonamides is 1. The standard InChI is InChI=1S/C39H50ClN3O7S/c1-37(2,3)50-36(45)42-19-6-9-33(48-4)30-13-10-27(30)22-43-24-39(16-5-8-26-20-28(40)11-14-31(26)39)25-49-34-15-12-29(21-32(34)43)51(46,47)41-35(44)38(23-42)17-7-18-38/h6,9,11-12,14-15,20-21,27,30,33H,5,7-8,10,13,16-19,22-25H2,1-4H3,(H,41,44)/b9-6+/t27-,30?,33+,39?/m1/s1. The van der Waals surface area contributed by atoms with Gasteiger partial charge < -0.3 is 24.0 Å². The molecule has 4 atom stereocenters. The first kappa shape index (κ1) is 36.1. The van der Waals surface area contributed by atoms with Crippen LogP contribution in [0.1, 0.15) is 76.8 Å². The van der Waals surface area contributed by atoms with E-state index in [1.165, 1.54) is 22.1 Å². The van der Waals surface area contributed by atoms with E-state index in [-0.39, 0.29) is 41.3 Å². The number of fused-ring (bicyclic) bond motifs is 4. The lowest BCUT2D eigenvalue weighted by Crippen LogP contribution is -2.55. The highest BCUT2D eigenvalue weighted by Gasteiger charge is 2.49. The van der Waals surface area contributed by atoms with Crippen LogP contribution in [0.25, 0.3) is 0 Å². The molecule has 12 heteroatoms. The van der Waals surface area contributed by atoms with Crippen LogP contribution in [-0.4, -0.2) is 76.9 Å². The molecule has 2 aromatic rings. The highest BCUT2D eigenvalue weighted by molar-refractivity contribution is 7.90. The molecule has 2 fully saturated rings. The number of methoxy groups -OCH3 is 1. The van der Waals surface area contributed by atoms with Crippen LogP contribution in [0.4, 0.5) is 10.5 Å². The van der Waals surface area contributed by atoms with Gasteiger partial charge in [-0.2, -0.15) is 0 Å². The molecule has 51 heavy (non-hydrogen) atoms. The molecule has 2 spiro atoms. The summed E-state index contributed by atoms with van der Waals surface area (Å²) in [5, 5.41) is 0.718. The minimum atomic E-state index is -4.27. The van der Waals surface area contributed by atoms with Crippen LogP contribution >= 0.6 is 11.6 Å². The maximum Gasteiger partial charge on any atom is 0.410 e. The Morgan fingerprint density at radius 1 is 1.04 bits per heavy atom. The number of aryl methyl sites for hydroxylation is 1. The van der Waals surface area contributed by atoms with Crippen molar-refractivity contribution in [1.29, 1.82) is 0 Å². The third kappa shape index (κ3) is 7.10. The van der Waals surface area contributed by atoms with Crippen molar-refractivity contribution in [2.24, 2.45) is 17.3 Å². The first-order valence-corrected chi connectivity index (χ1v) is 20.1. The molecule has 5 aliphatic rings. The van der Waals surface area contributed by atoms with Crippen LogP contribution in [-0.2, 0) is 36.1 Å². The second-order valence-electron chi connectivity index (χ2n) is 16.3. The molecule has 2 heterocycles. The summed E-state index contributed by atoms with van der Waals surface area (Å²) in [5.74, 6) is 0.513. The quantitative estimate of drug-likeness (QED) is 0.324. The third-order valence-corrected chi connectivity index (χ3v) is 13.3. The topological polar surface area (TPSA) is 114 Å². The van der Waals surface area contributed by atoms with Crippen molar-refractivity contribution in [3.63, 3.8) is 0 Å². The lowest BCUT2D eigenvalue weighted by atomic mass is 9.68. The first-order chi connectivity index (χ1) is 24.2. The fourth-order valence-corrected chi connectivity index (χ4v) is 10.0. The zero-order chi connectivity index (χ0) is 36.2. The number of hydrogen-bond acceptors (Lipinski definition) is 8. The Kier molecular flexibility index (Phi) is 9.63. The van der Waals surface area contributed by atoms with Gasteiger partial charge in [0.1, 0.15) is 11.4 Å². The molecule has 2 aromatic carbocycles. The van der Waals surface area contributed by atoms with Crippen LogP contribution < -0.4 is 14.4 Å². The van der Waals surface area contributed by atoms with Gasteiger partial charge >= 0.3 is 6.09 Å². The van der Waals surface area contributed by atoms with E-state index in [1.807, 2.05) is 18.2 Å². The number of nitrogens with one attached hydrogen (secondary N) is 1. The molecule has 0 aromatic heterocycles. The first-order valence-electron chi connectivity index (χ1n) is 18.3. The van der Waals surface area contributed by atoms with Gasteiger partial charge in [0, 0.05) is 43.7 Å². The fraction of sp³-hybridized carbons (Fsp3) is 0.590. The van der Waals surface area contributed by atoms with Crippen molar-refractivity contribution >= 4 is 39.3 Å². The predicted octanol–water partition coefficient (Wildman–Crippen LogP) is 6.64. The summed E-state index contributed by atoms with van der Waals surface area (Å²) < 4.78 is 48.9. The van der Waals surface area contributed by atoms with Crippen molar-refractivity contribution in [2.75, 3.05) is 44.8 Å². The number of carbonyl (C=O) groups is 2. The zero-order valence-corrected chi connectivity index (χ0v) is 31.7. The number of benzene rings is 2. The van der Waals surface area contributed by atoms with E-state index in [1.54, 1.807) is 40.0 Å². The average molecular weight is 740 g/mol. The lowest BCUT2D eigenvalue weighted by molar-refractivity contribution is -0.135. The second kappa shape index (κ2) is 13.6. The molecule has 2 bridgehead atoms. The van der Waals surface area contributed by atoms with Crippen molar-refractivity contribution in [1.82, 2.24) is 9.62 Å². The molecule has 7 rings (SSSR count). The summed E-state index contributed by atoms with van der Waals surface area (Å²) in [4.78, 5) is 31.3. The smallest absolute Gasteiger partial charge is 0.410 e. The number of nitrogens with zero attached hydrogens (tertiary/aromatic N) is 2. The molecule has 2 aliphatic heterocycles. The number of ether oxygens (including phenoxy) is 3. The van der Waals surface area contributed by atoms with Crippen molar-refractivity contribution in [2.45, 2.75) is 94.2 Å². The number of carbonyl (C=O) groups excluding carboxylic acids is 2. The summed E-state index contributed by atoms with van der Waals surface area (Å²) in [5.41, 5.74) is 1.06. The van der Waals surface area contributed by atoms with Crippen LogP contribution in [0.5, 0.6) is 5.75 Å². The number of halogens is 1. The lowest BCUT2D eigenvalue weighted by Gasteiger charge is -2.46. The molecule has 2 unspecified atom stereocenters. The fourth-order valence-electron chi connectivity index (χ4n) is 8.76. The van der Waals surface area contributed by atoms with E-state index in [9.17, 15) is 18.0 Å². The summed E-state index contributed by atoms with van der Waals surface area (Å²) in [7, 11) is -2.55. The normalized spacial score (nSPS) is 29.2. The maximum absolute atomic E-state index is 14.0. The molecular formula is C39H50ClN3O7S. The van der Waals surface area contributed by atoms with E-state index < -0.39 is 33.0 Å². The number of rotatable bonds is 1. The molecule has 276 valence electrons. The summed E-state index contributed by atoms with van der Waals surface area (Å²) in [6.07, 6.45) is 9.78. The Morgan fingerprint density at radius 3 is 2.51 bits per heavy atom. The Bertz CT molecular complexity index is 1820. The van der Waals surface area contributed by atoms with Crippen LogP contribution in [0.15, 0.2) is 53.4 Å². The van der Waals surface area contributed by atoms with E-state index in [4.69, 9.17) is 25.8 Å². The van der Waals surface area contributed by atoms with E-state index >= 15 is 0 Å². The van der Waals surface area contributed by atoms with Gasteiger partial charge in [-0.15, -0.1) is 0 Å². The van der Waals surface area contributed by atoms with Gasteiger partial charge in [0.25, 0.3) is 10.0 Å². The summed E-state index contributed by atoms with van der Waals surface area (Å²) in [6, 6.07) is 11.1. The highest BCUT2D eigenvalue weighted by Crippen LogP contribution is 2.48. The molecule has 3 aliphatic carbocycles. The number of hydrogen-bond donors (Lipinski definition) is 1. The molecule has 2 saturated carbocycles. The van der Waals surface area contributed by atoms with Gasteiger partial charge in [-0.1, -0.05) is 36.2 Å². The van der Waals surface area contributed by atoms with Gasteiger partial charge in [0.05, 0.1) is 28.7 Å². The SMILES string of the molecule is CO[C@H]1/C=C/CN(C(=O)OC(C)(C)C)CC2(CCC2)C(=O)NS(=O)(=O)c2ccc3c(c2)N(C[C@H]2CCC21)CC1(CCCc2cc(Cl)ccc21)CO3. The summed E-state index contributed by atoms with van der Waals surface area (Å²) >= 11 is 6.45. The summed E-state index contributed by atoms with van der Waals surface area (Å²) in [6.45, 7) is 7.43. The Morgan fingerprint density at radius 2 is 1.82 bits per heavy atom. The minimum Gasteiger partial charge on any atom is -0.490 e. The van der Waals surface area contributed by atoms with Crippen molar-refractivity contribution < 1.29 is 32.2 Å². The Hall–Kier alpha value is -3.28. The number of anilines is 1. The second-order valence-corrected chi connectivity index (χ2v) is 18.4. The Labute approximate surface area is 306 Å². The molecule has 10 nitrogen and oxygen atoms in total. The van der Waals surface area contributed by atoms with Crippen LogP contribution in [0.3, 0.4) is 0 Å². The van der Waals surface area contributed by atoms with E-state index in [2.05, 4.69) is 21.8 Å². The largest absolute Gasteiger partial charge is 0.490 e. The third-order valence-electron chi connectivity index (χ3n) is 11.8. The monoisotopic (exact) mass is 739 g/mol. The van der Waals surface area contributed by atoms with Gasteiger partial charge in [-0.05, 0) is 119 Å². The van der Waals surface area contributed by atoms with Crippen molar-refractivity contribution in [3.8, 4) is 5.75 Å². The zero-order valence-electron chi connectivity index (χ0n) is 30.1. The molecule has 0 radical (unpaired) electrons. The Balaban J connectivity index is 1.29. The van der Waals surface area contributed by atoms with Gasteiger partial charge in [-0.25, -0.2) is 17.9 Å². The predicted molar refractivity (Wildman–Crippen MR) is 196 cm³/mol. The van der Waals surface area contributed by atoms with Gasteiger partial charge in [0.15, 0.2) is 0 Å². The number of amides is 2. The molecule has 0 saturated heterocycles. The molecule has 1 N–H and O–H groups in total. The van der Waals surface area contributed by atoms with E-state index in [0.29, 0.717) is 44.0 Å². The van der Waals surface area contributed by atoms with Gasteiger partial charge in [0.2, 0.25) is 5.91 Å². The van der Waals surface area contributed by atoms with Gasteiger partial charge in [-0.3, -0.25) is 4.79 Å². The highest BCUT2D eigenvalue weighted by atomic mass is 35.5. The average Bonchev–Trinajstić information content (AvgIpc) is 3.18. The molecule has 2 amide bonds. The van der Waals surface area contributed by atoms with Crippen LogP contribution in [0, 0.1) is 17.3 Å². The van der Waals surface area contributed by atoms with E-state index in [0.717, 1.165) is 43.5 Å². The molecular weight excluding hydrogens is 690 g/mol.